The second-order valence-electron chi connectivity index (χ2n) is 3.96. The van der Waals surface area contributed by atoms with Gasteiger partial charge in [0.2, 0.25) is 0 Å². The molecule has 3 N–H and O–H groups in total. The lowest BCUT2D eigenvalue weighted by molar-refractivity contribution is -0.137. The van der Waals surface area contributed by atoms with E-state index in [0.29, 0.717) is 0 Å². The minimum absolute atomic E-state index is 0.256. The first-order chi connectivity index (χ1) is 8.63. The van der Waals surface area contributed by atoms with Gasteiger partial charge >= 0.3 is 5.97 Å². The number of thioether (sulfide) groups is 1. The molecular formula is C13H19NO3S. The average molecular weight is 269 g/mol. The van der Waals surface area contributed by atoms with Gasteiger partial charge in [0.1, 0.15) is 5.75 Å². The van der Waals surface area contributed by atoms with Crippen LogP contribution < -0.4 is 10.5 Å². The number of unbranched alkanes of at least 4 members (excludes halogenated alkanes) is 2. The number of aliphatic carboxylic acids is 1. The summed E-state index contributed by atoms with van der Waals surface area (Å²) in [6.45, 7) is 0. The molecular weight excluding hydrogens is 250 g/mol. The number of hydrogen-bond acceptors (Lipinski definition) is 4. The van der Waals surface area contributed by atoms with Crippen LogP contribution in [0.3, 0.4) is 0 Å². The summed E-state index contributed by atoms with van der Waals surface area (Å²) in [5.74, 6) is 1.02. The lowest BCUT2D eigenvalue weighted by Gasteiger charge is -2.07. The maximum atomic E-state index is 10.3. The summed E-state index contributed by atoms with van der Waals surface area (Å²) >= 11 is 1.68. The Morgan fingerprint density at radius 3 is 2.83 bits per heavy atom. The van der Waals surface area contributed by atoms with E-state index in [1.165, 1.54) is 0 Å². The van der Waals surface area contributed by atoms with Gasteiger partial charge in [0, 0.05) is 17.0 Å². The molecule has 18 heavy (non-hydrogen) atoms. The Morgan fingerprint density at radius 2 is 2.17 bits per heavy atom. The number of nitrogens with two attached hydrogens (primary N) is 1. The van der Waals surface area contributed by atoms with Gasteiger partial charge in [0.05, 0.1) is 7.11 Å². The molecule has 0 fully saturated rings. The van der Waals surface area contributed by atoms with Crippen LogP contribution in [-0.2, 0) is 4.79 Å². The van der Waals surface area contributed by atoms with Crippen molar-refractivity contribution >= 4 is 23.4 Å². The van der Waals surface area contributed by atoms with Gasteiger partial charge in [0.15, 0.2) is 0 Å². The van der Waals surface area contributed by atoms with Crippen LogP contribution in [0.2, 0.25) is 0 Å². The van der Waals surface area contributed by atoms with Crippen LogP contribution in [0.25, 0.3) is 0 Å². The third-order valence-corrected chi connectivity index (χ3v) is 3.67. The highest BCUT2D eigenvalue weighted by Crippen LogP contribution is 2.29. The molecule has 0 saturated heterocycles. The lowest BCUT2D eigenvalue weighted by Crippen LogP contribution is -1.94. The summed E-state index contributed by atoms with van der Waals surface area (Å²) in [6, 6.07) is 5.61. The Labute approximate surface area is 112 Å². The maximum absolute atomic E-state index is 10.3. The highest BCUT2D eigenvalue weighted by molar-refractivity contribution is 7.99. The van der Waals surface area contributed by atoms with Gasteiger partial charge in [-0.1, -0.05) is 6.42 Å². The largest absolute Gasteiger partial charge is 0.497 e. The molecule has 1 aromatic carbocycles. The van der Waals surface area contributed by atoms with E-state index < -0.39 is 5.97 Å². The molecule has 0 unspecified atom stereocenters. The second kappa shape index (κ2) is 7.87. The van der Waals surface area contributed by atoms with Crippen LogP contribution in [0.5, 0.6) is 5.75 Å². The van der Waals surface area contributed by atoms with Crippen molar-refractivity contribution in [1.29, 1.82) is 0 Å². The Morgan fingerprint density at radius 1 is 1.39 bits per heavy atom. The SMILES string of the molecule is COc1ccc(N)c(SCCCCCC(=O)O)c1. The normalized spacial score (nSPS) is 10.3. The molecule has 0 saturated carbocycles. The second-order valence-corrected chi connectivity index (χ2v) is 5.09. The minimum atomic E-state index is -0.723. The van der Waals surface area contributed by atoms with E-state index in [4.69, 9.17) is 15.6 Å². The zero-order chi connectivity index (χ0) is 13.4. The van der Waals surface area contributed by atoms with Crippen molar-refractivity contribution in [2.45, 2.75) is 30.6 Å². The molecule has 0 amide bonds. The smallest absolute Gasteiger partial charge is 0.303 e. The highest BCUT2D eigenvalue weighted by atomic mass is 32.2. The van der Waals surface area contributed by atoms with E-state index in [1.54, 1.807) is 18.9 Å². The zero-order valence-electron chi connectivity index (χ0n) is 10.5. The number of carboxylic acids is 1. The fourth-order valence-corrected chi connectivity index (χ4v) is 2.51. The van der Waals surface area contributed by atoms with Crippen molar-refractivity contribution in [1.82, 2.24) is 0 Å². The maximum Gasteiger partial charge on any atom is 0.303 e. The molecule has 0 heterocycles. The topological polar surface area (TPSA) is 72.5 Å². The van der Waals surface area contributed by atoms with Gasteiger partial charge in [-0.05, 0) is 36.8 Å². The predicted octanol–water partition coefficient (Wildman–Crippen LogP) is 3.01. The van der Waals surface area contributed by atoms with Crippen molar-refractivity contribution < 1.29 is 14.6 Å². The first-order valence-electron chi connectivity index (χ1n) is 5.91. The summed E-state index contributed by atoms with van der Waals surface area (Å²) in [6.07, 6.45) is 2.92. The standard InChI is InChI=1S/C13H19NO3S/c1-17-10-6-7-11(14)12(9-10)18-8-4-2-3-5-13(15)16/h6-7,9H,2-5,8,14H2,1H3,(H,15,16). The summed E-state index contributed by atoms with van der Waals surface area (Å²) in [4.78, 5) is 11.4. The molecule has 0 spiro atoms. The van der Waals surface area contributed by atoms with Gasteiger partial charge in [0.25, 0.3) is 0 Å². The average Bonchev–Trinajstić information content (AvgIpc) is 2.35. The van der Waals surface area contributed by atoms with Crippen LogP contribution in [-0.4, -0.2) is 23.9 Å². The molecule has 0 aliphatic rings. The molecule has 0 aliphatic heterocycles. The van der Waals surface area contributed by atoms with Crippen molar-refractivity contribution in [2.24, 2.45) is 0 Å². The van der Waals surface area contributed by atoms with Crippen molar-refractivity contribution in [3.63, 3.8) is 0 Å². The number of nitrogen functional groups attached to an aromatic ring is 1. The van der Waals surface area contributed by atoms with E-state index >= 15 is 0 Å². The number of methoxy groups -OCH3 is 1. The predicted molar refractivity (Wildman–Crippen MR) is 74.2 cm³/mol. The van der Waals surface area contributed by atoms with Crippen molar-refractivity contribution in [3.8, 4) is 5.75 Å². The molecule has 1 aromatic rings. The highest BCUT2D eigenvalue weighted by Gasteiger charge is 2.02. The number of hydrogen-bond donors (Lipinski definition) is 2. The van der Waals surface area contributed by atoms with Crippen LogP contribution in [0.4, 0.5) is 5.69 Å². The summed E-state index contributed by atoms with van der Waals surface area (Å²) in [5, 5.41) is 8.51. The fourth-order valence-electron chi connectivity index (χ4n) is 1.50. The number of benzene rings is 1. The number of rotatable bonds is 8. The van der Waals surface area contributed by atoms with E-state index in [0.717, 1.165) is 41.3 Å². The molecule has 1 rings (SSSR count). The Kier molecular flexibility index (Phi) is 6.43. The third kappa shape index (κ3) is 5.31. The number of ether oxygens (including phenoxy) is 1. The monoisotopic (exact) mass is 269 g/mol. The van der Waals surface area contributed by atoms with E-state index in [1.807, 2.05) is 18.2 Å². The van der Waals surface area contributed by atoms with Gasteiger partial charge in [-0.25, -0.2) is 0 Å². The van der Waals surface area contributed by atoms with Crippen LogP contribution in [0, 0.1) is 0 Å². The zero-order valence-corrected chi connectivity index (χ0v) is 11.3. The number of anilines is 1. The van der Waals surface area contributed by atoms with Crippen LogP contribution in [0.15, 0.2) is 23.1 Å². The van der Waals surface area contributed by atoms with Crippen LogP contribution in [0.1, 0.15) is 25.7 Å². The van der Waals surface area contributed by atoms with Gasteiger partial charge < -0.3 is 15.6 Å². The van der Waals surface area contributed by atoms with E-state index in [-0.39, 0.29) is 6.42 Å². The molecule has 0 bridgehead atoms. The third-order valence-electron chi connectivity index (χ3n) is 2.51. The van der Waals surface area contributed by atoms with E-state index in [9.17, 15) is 4.79 Å². The Hall–Kier alpha value is -1.36. The summed E-state index contributed by atoms with van der Waals surface area (Å²) in [5.41, 5.74) is 6.63. The summed E-state index contributed by atoms with van der Waals surface area (Å²) in [7, 11) is 1.63. The van der Waals surface area contributed by atoms with E-state index in [2.05, 4.69) is 0 Å². The Bertz CT molecular complexity index is 396. The first kappa shape index (κ1) is 14.7. The van der Waals surface area contributed by atoms with Gasteiger partial charge in [-0.3, -0.25) is 4.79 Å². The molecule has 0 radical (unpaired) electrons. The summed E-state index contributed by atoms with van der Waals surface area (Å²) < 4.78 is 5.15. The van der Waals surface area contributed by atoms with Gasteiger partial charge in [-0.2, -0.15) is 0 Å². The quantitative estimate of drug-likeness (QED) is 0.431. The van der Waals surface area contributed by atoms with Crippen LogP contribution >= 0.6 is 11.8 Å². The molecule has 0 aromatic heterocycles. The Balaban J connectivity index is 2.28. The molecule has 0 aliphatic carbocycles. The first-order valence-corrected chi connectivity index (χ1v) is 6.90. The molecule has 4 nitrogen and oxygen atoms in total. The lowest BCUT2D eigenvalue weighted by atomic mass is 10.2. The number of carbonyl (C=O) groups is 1. The minimum Gasteiger partial charge on any atom is -0.497 e. The number of carboxylic acid groups (broad SMARTS) is 1. The van der Waals surface area contributed by atoms with Gasteiger partial charge in [-0.15, -0.1) is 11.8 Å². The molecule has 100 valence electrons. The molecule has 5 heteroatoms. The van der Waals surface area contributed by atoms with Crippen molar-refractivity contribution in [3.05, 3.63) is 18.2 Å². The van der Waals surface area contributed by atoms with Crippen molar-refractivity contribution in [2.75, 3.05) is 18.6 Å². The molecule has 0 atom stereocenters. The fraction of sp³-hybridized carbons (Fsp3) is 0.462.